The molecule has 1 aromatic carbocycles. The number of rotatable bonds is 7. The van der Waals surface area contributed by atoms with Crippen LogP contribution in [0.25, 0.3) is 0 Å². The molecule has 0 aliphatic rings. The minimum atomic E-state index is -0.639. The fraction of sp³-hybridized carbons (Fsp3) is 0.444. The monoisotopic (exact) mass is 379 g/mol. The average Bonchev–Trinajstić information content (AvgIpc) is 2.57. The number of carbonyl (C=O) groups excluding carboxylic acids is 4. The maximum absolute atomic E-state index is 12.1. The number of anilines is 1. The van der Waals surface area contributed by atoms with E-state index in [1.54, 1.807) is 39.0 Å². The minimum Gasteiger partial charge on any atom is -0.469 e. The molecule has 148 valence electrons. The standard InChI is InChI=1S/C18H25N3O6/c1-18(2,3)27-17(25)21-13-7-5-6-12(10-13)16(24)20-11-14(22)19-9-8-15(23)26-4/h5-7,10H,8-9,11H2,1-4H3,(H,19,22)(H,20,24)(H,21,25). The molecule has 9 nitrogen and oxygen atoms in total. The quantitative estimate of drug-likeness (QED) is 0.616. The molecule has 0 heterocycles. The Balaban J connectivity index is 2.50. The van der Waals surface area contributed by atoms with Crippen LogP contribution in [0.4, 0.5) is 10.5 Å². The van der Waals surface area contributed by atoms with E-state index in [0.717, 1.165) is 0 Å². The number of hydrogen-bond donors (Lipinski definition) is 3. The van der Waals surface area contributed by atoms with E-state index in [-0.39, 0.29) is 25.1 Å². The fourth-order valence-corrected chi connectivity index (χ4v) is 1.89. The molecule has 0 atom stereocenters. The van der Waals surface area contributed by atoms with Crippen LogP contribution in [0.15, 0.2) is 24.3 Å². The maximum atomic E-state index is 12.1. The van der Waals surface area contributed by atoms with Crippen LogP contribution in [0.2, 0.25) is 0 Å². The van der Waals surface area contributed by atoms with Crippen molar-refractivity contribution < 1.29 is 28.7 Å². The molecule has 0 unspecified atom stereocenters. The lowest BCUT2D eigenvalue weighted by atomic mass is 10.2. The van der Waals surface area contributed by atoms with Crippen molar-refractivity contribution in [1.82, 2.24) is 10.6 Å². The van der Waals surface area contributed by atoms with E-state index in [9.17, 15) is 19.2 Å². The van der Waals surface area contributed by atoms with Gasteiger partial charge in [0.15, 0.2) is 0 Å². The molecule has 0 saturated heterocycles. The van der Waals surface area contributed by atoms with Crippen LogP contribution in [0.3, 0.4) is 0 Å². The van der Waals surface area contributed by atoms with Crippen LogP contribution < -0.4 is 16.0 Å². The molecule has 0 aliphatic carbocycles. The van der Waals surface area contributed by atoms with E-state index in [1.807, 2.05) is 0 Å². The second kappa shape index (κ2) is 10.1. The highest BCUT2D eigenvalue weighted by Crippen LogP contribution is 2.13. The SMILES string of the molecule is COC(=O)CCNC(=O)CNC(=O)c1cccc(NC(=O)OC(C)(C)C)c1. The molecule has 0 fully saturated rings. The van der Waals surface area contributed by atoms with Crippen LogP contribution in [0, 0.1) is 0 Å². The van der Waals surface area contributed by atoms with Gasteiger partial charge in [0.25, 0.3) is 5.91 Å². The molecule has 0 radical (unpaired) electrons. The molecule has 9 heteroatoms. The Morgan fingerprint density at radius 3 is 2.41 bits per heavy atom. The van der Waals surface area contributed by atoms with Crippen molar-refractivity contribution in [3.05, 3.63) is 29.8 Å². The lowest BCUT2D eigenvalue weighted by Crippen LogP contribution is -2.37. The normalized spacial score (nSPS) is 10.5. The van der Waals surface area contributed by atoms with Crippen molar-refractivity contribution in [1.29, 1.82) is 0 Å². The molecule has 0 saturated carbocycles. The van der Waals surface area contributed by atoms with Crippen molar-refractivity contribution in [3.63, 3.8) is 0 Å². The Morgan fingerprint density at radius 1 is 1.07 bits per heavy atom. The van der Waals surface area contributed by atoms with Crippen molar-refractivity contribution in [2.45, 2.75) is 32.8 Å². The first-order valence-corrected chi connectivity index (χ1v) is 8.32. The summed E-state index contributed by atoms with van der Waals surface area (Å²) in [6.45, 7) is 5.10. The van der Waals surface area contributed by atoms with Gasteiger partial charge in [0.1, 0.15) is 5.60 Å². The third-order valence-electron chi connectivity index (χ3n) is 3.06. The lowest BCUT2D eigenvalue weighted by molar-refractivity contribution is -0.140. The van der Waals surface area contributed by atoms with E-state index < -0.39 is 29.5 Å². The zero-order valence-corrected chi connectivity index (χ0v) is 15.9. The molecule has 27 heavy (non-hydrogen) atoms. The molecule has 0 spiro atoms. The topological polar surface area (TPSA) is 123 Å². The molecular formula is C18H25N3O6. The summed E-state index contributed by atoms with van der Waals surface area (Å²) in [5, 5.41) is 7.48. The van der Waals surface area contributed by atoms with Gasteiger partial charge in [-0.1, -0.05) is 6.07 Å². The molecule has 3 N–H and O–H groups in total. The van der Waals surface area contributed by atoms with Crippen molar-refractivity contribution in [2.24, 2.45) is 0 Å². The van der Waals surface area contributed by atoms with Gasteiger partial charge in [0.2, 0.25) is 5.91 Å². The van der Waals surface area contributed by atoms with E-state index in [2.05, 4.69) is 20.7 Å². The number of carbonyl (C=O) groups is 4. The van der Waals surface area contributed by atoms with Crippen LogP contribution in [0.1, 0.15) is 37.6 Å². The summed E-state index contributed by atoms with van der Waals surface area (Å²) in [6, 6.07) is 6.22. The van der Waals surface area contributed by atoms with Gasteiger partial charge in [-0.2, -0.15) is 0 Å². The van der Waals surface area contributed by atoms with E-state index in [4.69, 9.17) is 4.74 Å². The maximum Gasteiger partial charge on any atom is 0.412 e. The van der Waals surface area contributed by atoms with E-state index in [1.165, 1.54) is 13.2 Å². The summed E-state index contributed by atoms with van der Waals surface area (Å²) in [7, 11) is 1.26. The number of hydrogen-bond acceptors (Lipinski definition) is 6. The Kier molecular flexibility index (Phi) is 8.25. The van der Waals surface area contributed by atoms with Gasteiger partial charge in [-0.05, 0) is 39.0 Å². The predicted octanol–water partition coefficient (Wildman–Crippen LogP) is 1.44. The van der Waals surface area contributed by atoms with Gasteiger partial charge in [-0.3, -0.25) is 19.7 Å². The van der Waals surface area contributed by atoms with E-state index in [0.29, 0.717) is 5.69 Å². The summed E-state index contributed by atoms with van der Waals surface area (Å²) >= 11 is 0. The molecule has 0 aromatic heterocycles. The molecule has 1 rings (SSSR count). The average molecular weight is 379 g/mol. The summed E-state index contributed by atoms with van der Waals surface area (Å²) in [6.07, 6.45) is -0.584. The van der Waals surface area contributed by atoms with Crippen molar-refractivity contribution >= 4 is 29.6 Å². The molecule has 1 aromatic rings. The first-order chi connectivity index (χ1) is 12.6. The van der Waals surface area contributed by atoms with E-state index >= 15 is 0 Å². The van der Waals surface area contributed by atoms with Crippen LogP contribution >= 0.6 is 0 Å². The van der Waals surface area contributed by atoms with Gasteiger partial charge in [-0.15, -0.1) is 0 Å². The second-order valence-corrected chi connectivity index (χ2v) is 6.57. The third kappa shape index (κ3) is 9.24. The number of benzene rings is 1. The third-order valence-corrected chi connectivity index (χ3v) is 3.06. The van der Waals surface area contributed by atoms with Crippen LogP contribution in [0.5, 0.6) is 0 Å². The number of amides is 3. The summed E-state index contributed by atoms with van der Waals surface area (Å²) in [5.41, 5.74) is 0.0191. The highest BCUT2D eigenvalue weighted by molar-refractivity contribution is 5.98. The Hall–Kier alpha value is -3.10. The van der Waals surface area contributed by atoms with Crippen LogP contribution in [-0.4, -0.2) is 49.7 Å². The summed E-state index contributed by atoms with van der Waals surface area (Å²) in [4.78, 5) is 46.5. The molecule has 3 amide bonds. The van der Waals surface area contributed by atoms with Gasteiger partial charge in [0.05, 0.1) is 20.1 Å². The minimum absolute atomic E-state index is 0.0502. The summed E-state index contributed by atoms with van der Waals surface area (Å²) in [5.74, 6) is -1.35. The zero-order chi connectivity index (χ0) is 20.4. The Labute approximate surface area is 157 Å². The number of nitrogens with one attached hydrogen (secondary N) is 3. The largest absolute Gasteiger partial charge is 0.469 e. The molecular weight excluding hydrogens is 354 g/mol. The second-order valence-electron chi connectivity index (χ2n) is 6.57. The first-order valence-electron chi connectivity index (χ1n) is 8.32. The van der Waals surface area contributed by atoms with Gasteiger partial charge < -0.3 is 20.1 Å². The van der Waals surface area contributed by atoms with Gasteiger partial charge in [0, 0.05) is 17.8 Å². The van der Waals surface area contributed by atoms with Crippen molar-refractivity contribution in [2.75, 3.05) is 25.5 Å². The zero-order valence-electron chi connectivity index (χ0n) is 15.9. The molecule has 0 aliphatic heterocycles. The fourth-order valence-electron chi connectivity index (χ4n) is 1.89. The molecule has 0 bridgehead atoms. The van der Waals surface area contributed by atoms with Gasteiger partial charge >= 0.3 is 12.1 Å². The van der Waals surface area contributed by atoms with Gasteiger partial charge in [-0.25, -0.2) is 4.79 Å². The predicted molar refractivity (Wildman–Crippen MR) is 98.3 cm³/mol. The highest BCUT2D eigenvalue weighted by atomic mass is 16.6. The number of methoxy groups -OCH3 is 1. The Bertz CT molecular complexity index is 697. The Morgan fingerprint density at radius 2 is 1.78 bits per heavy atom. The van der Waals surface area contributed by atoms with Crippen LogP contribution in [-0.2, 0) is 19.1 Å². The smallest absolute Gasteiger partial charge is 0.412 e. The highest BCUT2D eigenvalue weighted by Gasteiger charge is 2.16. The summed E-state index contributed by atoms with van der Waals surface area (Å²) < 4.78 is 9.60. The van der Waals surface area contributed by atoms with Crippen molar-refractivity contribution in [3.8, 4) is 0 Å². The number of ether oxygens (including phenoxy) is 2. The number of esters is 1. The lowest BCUT2D eigenvalue weighted by Gasteiger charge is -2.19. The first kappa shape index (κ1) is 21.9.